The molecule has 3 rings (SSSR count). The third-order valence-electron chi connectivity index (χ3n) is 3.99. The van der Waals surface area contributed by atoms with Crippen molar-refractivity contribution in [2.75, 3.05) is 27.3 Å². The molecular formula is C19H19ClN2O3S. The van der Waals surface area contributed by atoms with Crippen LogP contribution in [0.3, 0.4) is 0 Å². The third kappa shape index (κ3) is 3.81. The molecule has 26 heavy (non-hydrogen) atoms. The summed E-state index contributed by atoms with van der Waals surface area (Å²) >= 11 is 7.72. The van der Waals surface area contributed by atoms with Gasteiger partial charge in [-0.2, -0.15) is 0 Å². The minimum atomic E-state index is -0.149. The van der Waals surface area contributed by atoms with Crippen molar-refractivity contribution in [1.29, 1.82) is 0 Å². The van der Waals surface area contributed by atoms with Crippen LogP contribution in [0.5, 0.6) is 11.5 Å². The molecule has 0 N–H and O–H groups in total. The first-order valence-corrected chi connectivity index (χ1v) is 9.45. The van der Waals surface area contributed by atoms with Gasteiger partial charge in [-0.15, -0.1) is 0 Å². The monoisotopic (exact) mass is 390 g/mol. The minimum Gasteiger partial charge on any atom is -0.493 e. The smallest absolute Gasteiger partial charge is 0.263 e. The van der Waals surface area contributed by atoms with Crippen LogP contribution in [0.15, 0.2) is 47.5 Å². The fraction of sp³-hybridized carbons (Fsp3) is 0.263. The molecule has 0 atom stereocenters. The lowest BCUT2D eigenvalue weighted by Crippen LogP contribution is -2.33. The third-order valence-corrected chi connectivity index (χ3v) is 5.43. The Kier molecular flexibility index (Phi) is 6.06. The number of benzene rings is 2. The maximum Gasteiger partial charge on any atom is 0.263 e. The molecule has 0 bridgehead atoms. The van der Waals surface area contributed by atoms with Gasteiger partial charge in [0.2, 0.25) is 0 Å². The Hall–Kier alpha value is -2.18. The molecule has 0 saturated carbocycles. The Morgan fingerprint density at radius 2 is 2.00 bits per heavy atom. The van der Waals surface area contributed by atoms with Crippen molar-refractivity contribution in [1.82, 2.24) is 4.90 Å². The summed E-state index contributed by atoms with van der Waals surface area (Å²) in [6.45, 7) is 1.13. The first-order chi connectivity index (χ1) is 12.7. The largest absolute Gasteiger partial charge is 0.493 e. The highest BCUT2D eigenvalue weighted by atomic mass is 35.5. The van der Waals surface area contributed by atoms with E-state index in [1.807, 2.05) is 24.3 Å². The molecule has 0 aromatic heterocycles. The Labute approximate surface area is 162 Å². The SMILES string of the molecule is COc1cccc(C(=O)N2CCN=C2SCc2ccccc2Cl)c1OC. The maximum atomic E-state index is 13.1. The van der Waals surface area contributed by atoms with Crippen molar-refractivity contribution in [3.05, 3.63) is 58.6 Å². The molecule has 0 spiro atoms. The fourth-order valence-corrected chi connectivity index (χ4v) is 4.03. The number of aliphatic imine (C=N–C) groups is 1. The summed E-state index contributed by atoms with van der Waals surface area (Å²) in [6, 6.07) is 13.0. The Balaban J connectivity index is 1.78. The molecule has 1 heterocycles. The van der Waals surface area contributed by atoms with Gasteiger partial charge in [0.05, 0.1) is 26.3 Å². The number of carbonyl (C=O) groups excluding carboxylic acids is 1. The van der Waals surface area contributed by atoms with E-state index in [2.05, 4.69) is 4.99 Å². The number of halogens is 1. The number of nitrogens with zero attached hydrogens (tertiary/aromatic N) is 2. The van der Waals surface area contributed by atoms with Crippen LogP contribution in [0.4, 0.5) is 0 Å². The lowest BCUT2D eigenvalue weighted by Gasteiger charge is -2.20. The molecule has 0 saturated heterocycles. The number of ether oxygens (including phenoxy) is 2. The number of hydrogen-bond acceptors (Lipinski definition) is 5. The van der Waals surface area contributed by atoms with E-state index < -0.39 is 0 Å². The van der Waals surface area contributed by atoms with Gasteiger partial charge >= 0.3 is 0 Å². The van der Waals surface area contributed by atoms with Crippen LogP contribution in [0.1, 0.15) is 15.9 Å². The molecule has 0 unspecified atom stereocenters. The van der Waals surface area contributed by atoms with E-state index >= 15 is 0 Å². The lowest BCUT2D eigenvalue weighted by atomic mass is 10.1. The highest BCUT2D eigenvalue weighted by molar-refractivity contribution is 8.13. The van der Waals surface area contributed by atoms with E-state index in [9.17, 15) is 4.79 Å². The topological polar surface area (TPSA) is 51.1 Å². The molecule has 2 aromatic rings. The van der Waals surface area contributed by atoms with Crippen LogP contribution in [0, 0.1) is 0 Å². The summed E-state index contributed by atoms with van der Waals surface area (Å²) < 4.78 is 10.7. The Morgan fingerprint density at radius 1 is 1.19 bits per heavy atom. The first-order valence-electron chi connectivity index (χ1n) is 8.09. The number of hydrogen-bond donors (Lipinski definition) is 0. The molecule has 1 aliphatic heterocycles. The van der Waals surface area contributed by atoms with Gasteiger partial charge in [0, 0.05) is 17.3 Å². The van der Waals surface area contributed by atoms with Gasteiger partial charge in [0.1, 0.15) is 0 Å². The Morgan fingerprint density at radius 3 is 2.73 bits per heavy atom. The second-order valence-corrected chi connectivity index (χ2v) is 6.89. The summed E-state index contributed by atoms with van der Waals surface area (Å²) in [5, 5.41) is 1.41. The van der Waals surface area contributed by atoms with Crippen molar-refractivity contribution in [2.45, 2.75) is 5.75 Å². The highest BCUT2D eigenvalue weighted by Gasteiger charge is 2.28. The quantitative estimate of drug-likeness (QED) is 0.771. The van der Waals surface area contributed by atoms with Crippen molar-refractivity contribution < 1.29 is 14.3 Å². The molecule has 1 aliphatic rings. The summed E-state index contributed by atoms with van der Waals surface area (Å²) in [7, 11) is 3.08. The summed E-state index contributed by atoms with van der Waals surface area (Å²) in [5.74, 6) is 1.46. The molecule has 5 nitrogen and oxygen atoms in total. The highest BCUT2D eigenvalue weighted by Crippen LogP contribution is 2.33. The zero-order chi connectivity index (χ0) is 18.5. The zero-order valence-electron chi connectivity index (χ0n) is 14.6. The van der Waals surface area contributed by atoms with Crippen molar-refractivity contribution >= 4 is 34.4 Å². The average Bonchev–Trinajstić information content (AvgIpc) is 3.14. The molecule has 7 heteroatoms. The lowest BCUT2D eigenvalue weighted by molar-refractivity contribution is 0.0856. The van der Waals surface area contributed by atoms with Crippen LogP contribution >= 0.6 is 23.4 Å². The van der Waals surface area contributed by atoms with Gasteiger partial charge in [-0.25, -0.2) is 0 Å². The average molecular weight is 391 g/mol. The van der Waals surface area contributed by atoms with Crippen LogP contribution < -0.4 is 9.47 Å². The predicted octanol–water partition coefficient (Wildman–Crippen LogP) is 4.10. The van der Waals surface area contributed by atoms with Gasteiger partial charge in [0.25, 0.3) is 5.91 Å². The number of para-hydroxylation sites is 1. The van der Waals surface area contributed by atoms with Crippen molar-refractivity contribution in [3.8, 4) is 11.5 Å². The van der Waals surface area contributed by atoms with E-state index in [1.54, 1.807) is 30.2 Å². The molecule has 136 valence electrons. The maximum absolute atomic E-state index is 13.1. The van der Waals surface area contributed by atoms with E-state index in [0.29, 0.717) is 46.1 Å². The number of carbonyl (C=O) groups is 1. The summed E-state index contributed by atoms with van der Waals surface area (Å²) in [5.41, 5.74) is 1.47. The molecule has 2 aromatic carbocycles. The second kappa shape index (κ2) is 8.47. The normalized spacial score (nSPS) is 13.5. The van der Waals surface area contributed by atoms with E-state index in [4.69, 9.17) is 21.1 Å². The molecule has 1 amide bonds. The molecular weight excluding hydrogens is 372 g/mol. The van der Waals surface area contributed by atoms with Gasteiger partial charge in [-0.1, -0.05) is 47.6 Å². The van der Waals surface area contributed by atoms with Gasteiger partial charge in [-0.3, -0.25) is 14.7 Å². The number of amidine groups is 1. The molecule has 0 fully saturated rings. The molecule has 0 aliphatic carbocycles. The van der Waals surface area contributed by atoms with E-state index in [1.165, 1.54) is 18.9 Å². The van der Waals surface area contributed by atoms with Crippen LogP contribution in [0.25, 0.3) is 0 Å². The minimum absolute atomic E-state index is 0.149. The number of methoxy groups -OCH3 is 2. The van der Waals surface area contributed by atoms with Gasteiger partial charge in [0.15, 0.2) is 16.7 Å². The zero-order valence-corrected chi connectivity index (χ0v) is 16.1. The number of rotatable bonds is 5. The summed E-state index contributed by atoms with van der Waals surface area (Å²) in [4.78, 5) is 19.2. The van der Waals surface area contributed by atoms with Gasteiger partial charge < -0.3 is 9.47 Å². The predicted molar refractivity (Wildman–Crippen MR) is 106 cm³/mol. The van der Waals surface area contributed by atoms with Crippen LogP contribution in [-0.2, 0) is 5.75 Å². The Bertz CT molecular complexity index is 841. The van der Waals surface area contributed by atoms with Crippen LogP contribution in [-0.4, -0.2) is 43.3 Å². The molecule has 0 radical (unpaired) electrons. The van der Waals surface area contributed by atoms with Crippen molar-refractivity contribution in [2.24, 2.45) is 4.99 Å². The van der Waals surface area contributed by atoms with E-state index in [-0.39, 0.29) is 5.91 Å². The standard InChI is InChI=1S/C19H19ClN2O3S/c1-24-16-9-5-7-14(17(16)25-2)18(23)22-11-10-21-19(22)26-12-13-6-3-4-8-15(13)20/h3-9H,10-12H2,1-2H3. The van der Waals surface area contributed by atoms with Crippen molar-refractivity contribution in [3.63, 3.8) is 0 Å². The first kappa shape index (κ1) is 18.6. The number of amides is 1. The van der Waals surface area contributed by atoms with Crippen LogP contribution in [0.2, 0.25) is 5.02 Å². The second-order valence-electron chi connectivity index (χ2n) is 5.54. The fourth-order valence-electron chi connectivity index (χ4n) is 2.70. The number of thioether (sulfide) groups is 1. The summed E-state index contributed by atoms with van der Waals surface area (Å²) in [6.07, 6.45) is 0. The van der Waals surface area contributed by atoms with Gasteiger partial charge in [-0.05, 0) is 23.8 Å². The van der Waals surface area contributed by atoms with E-state index in [0.717, 1.165) is 5.56 Å².